The van der Waals surface area contributed by atoms with Crippen molar-refractivity contribution in [3.05, 3.63) is 29.8 Å². The van der Waals surface area contributed by atoms with Crippen molar-refractivity contribution in [2.75, 3.05) is 24.7 Å². The molecule has 1 atom stereocenters. The van der Waals surface area contributed by atoms with Gasteiger partial charge in [-0.25, -0.2) is 17.5 Å². The average Bonchev–Trinajstić information content (AvgIpc) is 2.59. The maximum atomic E-state index is 12.4. The fourth-order valence-corrected chi connectivity index (χ4v) is 3.84. The van der Waals surface area contributed by atoms with E-state index in [0.717, 1.165) is 5.56 Å². The van der Waals surface area contributed by atoms with E-state index in [0.29, 0.717) is 31.6 Å². The first-order chi connectivity index (χ1) is 12.6. The number of hydrogen-bond acceptors (Lipinski definition) is 4. The zero-order valence-electron chi connectivity index (χ0n) is 16.0. The molecule has 8 nitrogen and oxygen atoms in total. The second-order valence-electron chi connectivity index (χ2n) is 7.13. The quantitative estimate of drug-likeness (QED) is 0.677. The van der Waals surface area contributed by atoms with Crippen molar-refractivity contribution in [1.82, 2.24) is 14.9 Å². The largest absolute Gasteiger partial charge is 0.352 e. The highest BCUT2D eigenvalue weighted by Crippen LogP contribution is 2.19. The summed E-state index contributed by atoms with van der Waals surface area (Å²) in [7, 11) is -3.27. The molecule has 0 radical (unpaired) electrons. The summed E-state index contributed by atoms with van der Waals surface area (Å²) in [5, 5.41) is 8.35. The molecule has 0 spiro atoms. The normalized spacial score (nSPS) is 18.1. The van der Waals surface area contributed by atoms with Crippen LogP contribution in [0.5, 0.6) is 0 Å². The molecule has 9 heteroatoms. The van der Waals surface area contributed by atoms with Crippen LogP contribution in [0.1, 0.15) is 32.3 Å². The maximum absolute atomic E-state index is 12.4. The molecule has 3 N–H and O–H groups in total. The van der Waals surface area contributed by atoms with E-state index < -0.39 is 10.0 Å². The third-order valence-electron chi connectivity index (χ3n) is 4.32. The molecular formula is C18H28N4O4S. The van der Waals surface area contributed by atoms with Gasteiger partial charge in [0.05, 0.1) is 12.2 Å². The molecule has 1 saturated heterocycles. The molecule has 0 saturated carbocycles. The molecular weight excluding hydrogens is 368 g/mol. The minimum Gasteiger partial charge on any atom is -0.352 e. The van der Waals surface area contributed by atoms with Gasteiger partial charge in [-0.3, -0.25) is 4.79 Å². The Morgan fingerprint density at radius 1 is 1.22 bits per heavy atom. The predicted octanol–water partition coefficient (Wildman–Crippen LogP) is 1.50. The van der Waals surface area contributed by atoms with E-state index in [1.165, 1.54) is 10.6 Å². The van der Waals surface area contributed by atoms with E-state index in [1.54, 1.807) is 12.1 Å². The summed E-state index contributed by atoms with van der Waals surface area (Å²) in [5.74, 6) is -0.462. The van der Waals surface area contributed by atoms with Gasteiger partial charge in [-0.1, -0.05) is 12.1 Å². The Balaban J connectivity index is 1.83. The Kier molecular flexibility index (Phi) is 7.20. The molecule has 150 valence electrons. The number of hydrogen-bond donors (Lipinski definition) is 3. The fourth-order valence-electron chi connectivity index (χ4n) is 2.93. The van der Waals surface area contributed by atoms with Crippen LogP contribution in [0.3, 0.4) is 0 Å². The zero-order valence-corrected chi connectivity index (χ0v) is 16.8. The molecule has 1 aliphatic heterocycles. The van der Waals surface area contributed by atoms with Gasteiger partial charge in [0.15, 0.2) is 0 Å². The molecule has 2 rings (SSSR count). The second kappa shape index (κ2) is 9.18. The number of carbonyl (C=O) groups is 2. The summed E-state index contributed by atoms with van der Waals surface area (Å²) in [6.45, 7) is 4.83. The maximum Gasteiger partial charge on any atom is 0.319 e. The molecule has 1 aromatic rings. The first-order valence-electron chi connectivity index (χ1n) is 9.04. The summed E-state index contributed by atoms with van der Waals surface area (Å²) in [4.78, 5) is 24.0. The molecule has 1 aliphatic rings. The number of nitrogens with one attached hydrogen (secondary N) is 3. The van der Waals surface area contributed by atoms with Crippen molar-refractivity contribution in [1.29, 1.82) is 0 Å². The lowest BCUT2D eigenvalue weighted by Gasteiger charge is -2.30. The number of carbonyl (C=O) groups excluding carboxylic acids is 2. The first kappa shape index (κ1) is 21.2. The number of benzene rings is 1. The topological polar surface area (TPSA) is 108 Å². The highest BCUT2D eigenvalue weighted by Gasteiger charge is 2.29. The summed E-state index contributed by atoms with van der Waals surface area (Å²) >= 11 is 0. The van der Waals surface area contributed by atoms with Crippen molar-refractivity contribution in [3.63, 3.8) is 0 Å². The van der Waals surface area contributed by atoms with Gasteiger partial charge in [-0.15, -0.1) is 0 Å². The summed E-state index contributed by atoms with van der Waals surface area (Å²) < 4.78 is 24.7. The van der Waals surface area contributed by atoms with Crippen molar-refractivity contribution >= 4 is 27.6 Å². The summed E-state index contributed by atoms with van der Waals surface area (Å²) in [6, 6.07) is 6.99. The number of amides is 3. The molecule has 1 unspecified atom stereocenters. The Morgan fingerprint density at radius 2 is 1.89 bits per heavy atom. The van der Waals surface area contributed by atoms with E-state index in [9.17, 15) is 18.0 Å². The van der Waals surface area contributed by atoms with Crippen LogP contribution in [0.2, 0.25) is 0 Å². The molecule has 0 aromatic heterocycles. The average molecular weight is 397 g/mol. The number of anilines is 1. The van der Waals surface area contributed by atoms with Crippen LogP contribution in [-0.2, 0) is 21.4 Å². The van der Waals surface area contributed by atoms with Gasteiger partial charge in [0.1, 0.15) is 0 Å². The van der Waals surface area contributed by atoms with Crippen molar-refractivity contribution < 1.29 is 18.0 Å². The van der Waals surface area contributed by atoms with Crippen LogP contribution in [0.15, 0.2) is 24.3 Å². The smallest absolute Gasteiger partial charge is 0.319 e. The lowest BCUT2D eigenvalue weighted by molar-refractivity contribution is -0.126. The molecule has 0 bridgehead atoms. The first-order valence-corrected chi connectivity index (χ1v) is 10.9. The van der Waals surface area contributed by atoms with Crippen LogP contribution in [0.4, 0.5) is 10.5 Å². The highest BCUT2D eigenvalue weighted by atomic mass is 32.2. The lowest BCUT2D eigenvalue weighted by atomic mass is 9.99. The standard InChI is InChI=1S/C18H28N4O4S/c1-13(2)20-18(24)21-16-8-6-14(7-9-16)11-19-17(23)15-5-4-10-22(12-15)27(3,25)26/h6-9,13,15H,4-5,10-12H2,1-3H3,(H,19,23)(H2,20,21,24). The second-order valence-corrected chi connectivity index (χ2v) is 9.11. The van der Waals surface area contributed by atoms with E-state index in [-0.39, 0.29) is 30.4 Å². The Hall–Kier alpha value is -2.13. The summed E-state index contributed by atoms with van der Waals surface area (Å²) in [5.41, 5.74) is 1.56. The number of sulfonamides is 1. The molecule has 27 heavy (non-hydrogen) atoms. The summed E-state index contributed by atoms with van der Waals surface area (Å²) in [6.07, 6.45) is 2.54. The molecule has 3 amide bonds. The Morgan fingerprint density at radius 3 is 2.48 bits per heavy atom. The monoisotopic (exact) mass is 396 g/mol. The van der Waals surface area contributed by atoms with Crippen molar-refractivity contribution in [2.24, 2.45) is 5.92 Å². The van der Waals surface area contributed by atoms with Gasteiger partial charge < -0.3 is 16.0 Å². The number of rotatable bonds is 6. The number of nitrogens with zero attached hydrogens (tertiary/aromatic N) is 1. The molecule has 1 aromatic carbocycles. The van der Waals surface area contributed by atoms with E-state index in [1.807, 2.05) is 26.0 Å². The number of piperidine rings is 1. The molecule has 0 aliphatic carbocycles. The zero-order chi connectivity index (χ0) is 20.0. The van der Waals surface area contributed by atoms with Crippen LogP contribution in [0.25, 0.3) is 0 Å². The third kappa shape index (κ3) is 6.84. The van der Waals surface area contributed by atoms with E-state index in [4.69, 9.17) is 0 Å². The van der Waals surface area contributed by atoms with Gasteiger partial charge in [-0.05, 0) is 44.4 Å². The van der Waals surface area contributed by atoms with E-state index >= 15 is 0 Å². The van der Waals surface area contributed by atoms with Gasteiger partial charge in [-0.2, -0.15) is 0 Å². The van der Waals surface area contributed by atoms with Crippen LogP contribution in [-0.4, -0.2) is 50.0 Å². The Labute approximate surface area is 160 Å². The third-order valence-corrected chi connectivity index (χ3v) is 5.59. The van der Waals surface area contributed by atoms with E-state index in [2.05, 4.69) is 16.0 Å². The Bertz CT molecular complexity index is 762. The predicted molar refractivity (Wildman–Crippen MR) is 105 cm³/mol. The molecule has 1 fully saturated rings. The lowest BCUT2D eigenvalue weighted by Crippen LogP contribution is -2.44. The van der Waals surface area contributed by atoms with Gasteiger partial charge in [0.25, 0.3) is 0 Å². The molecule has 1 heterocycles. The minimum absolute atomic E-state index is 0.0536. The minimum atomic E-state index is -3.27. The van der Waals surface area contributed by atoms with Gasteiger partial charge in [0.2, 0.25) is 15.9 Å². The van der Waals surface area contributed by atoms with Crippen LogP contribution < -0.4 is 16.0 Å². The van der Waals surface area contributed by atoms with Gasteiger partial charge >= 0.3 is 6.03 Å². The van der Waals surface area contributed by atoms with Gasteiger partial charge in [0, 0.05) is 31.4 Å². The van der Waals surface area contributed by atoms with Crippen molar-refractivity contribution in [2.45, 2.75) is 39.3 Å². The van der Waals surface area contributed by atoms with Crippen LogP contribution in [0, 0.1) is 5.92 Å². The number of urea groups is 1. The SMILES string of the molecule is CC(C)NC(=O)Nc1ccc(CNC(=O)C2CCCN(S(C)(=O)=O)C2)cc1. The fraction of sp³-hybridized carbons (Fsp3) is 0.556. The van der Waals surface area contributed by atoms with Crippen molar-refractivity contribution in [3.8, 4) is 0 Å². The highest BCUT2D eigenvalue weighted by molar-refractivity contribution is 7.88. The van der Waals surface area contributed by atoms with Crippen LogP contribution >= 0.6 is 0 Å².